The Kier molecular flexibility index (Phi) is 14.0. The van der Waals surface area contributed by atoms with E-state index < -0.39 is 0 Å². The topological polar surface area (TPSA) is 61.8 Å². The molecular weight excluding hydrogens is 200 g/mol. The Morgan fingerprint density at radius 2 is 1.60 bits per heavy atom. The van der Waals surface area contributed by atoms with Crippen LogP contribution < -0.4 is 0 Å². The quantitative estimate of drug-likeness (QED) is 0.650. The number of ether oxygens (including phenoxy) is 3. The number of carbonyl (C=O) groups is 2. The number of hydrogen-bond acceptors (Lipinski definition) is 5. The zero-order valence-electron chi connectivity index (χ0n) is 9.87. The zero-order chi connectivity index (χ0) is 12.1. The van der Waals surface area contributed by atoms with Gasteiger partial charge in [-0.15, -0.1) is 0 Å². The lowest BCUT2D eigenvalue weighted by Gasteiger charge is -1.98. The van der Waals surface area contributed by atoms with Crippen molar-refractivity contribution in [3.63, 3.8) is 0 Å². The summed E-state index contributed by atoms with van der Waals surface area (Å²) < 4.78 is 13.7. The molecule has 0 aromatic heterocycles. The van der Waals surface area contributed by atoms with Gasteiger partial charge in [-0.1, -0.05) is 0 Å². The highest BCUT2D eigenvalue weighted by molar-refractivity contribution is 5.69. The molecule has 0 aromatic carbocycles. The van der Waals surface area contributed by atoms with Crippen LogP contribution in [0, 0.1) is 0 Å². The summed E-state index contributed by atoms with van der Waals surface area (Å²) in [6.07, 6.45) is 0.352. The summed E-state index contributed by atoms with van der Waals surface area (Å²) >= 11 is 0. The van der Waals surface area contributed by atoms with Gasteiger partial charge >= 0.3 is 11.9 Å². The van der Waals surface area contributed by atoms with Crippen molar-refractivity contribution in [3.8, 4) is 0 Å². The molecule has 0 aliphatic carbocycles. The maximum Gasteiger partial charge on any atom is 0.308 e. The second-order valence-electron chi connectivity index (χ2n) is 2.47. The summed E-state index contributed by atoms with van der Waals surface area (Å²) in [6, 6.07) is 0. The number of rotatable bonds is 5. The van der Waals surface area contributed by atoms with E-state index in [9.17, 15) is 9.59 Å². The van der Waals surface area contributed by atoms with Gasteiger partial charge in [0.05, 0.1) is 26.2 Å². The Hall–Kier alpha value is -1.10. The maximum atomic E-state index is 10.5. The summed E-state index contributed by atoms with van der Waals surface area (Å²) in [4.78, 5) is 20.3. The van der Waals surface area contributed by atoms with Crippen molar-refractivity contribution in [1.29, 1.82) is 0 Å². The highest BCUT2D eigenvalue weighted by atomic mass is 16.5. The average Bonchev–Trinajstić information content (AvgIpc) is 2.16. The highest BCUT2D eigenvalue weighted by Crippen LogP contribution is 1.85. The Morgan fingerprint density at radius 1 is 1.07 bits per heavy atom. The van der Waals surface area contributed by atoms with Crippen LogP contribution in [0.4, 0.5) is 0 Å². The monoisotopic (exact) mass is 220 g/mol. The second kappa shape index (κ2) is 12.9. The van der Waals surface area contributed by atoms with E-state index in [-0.39, 0.29) is 11.9 Å². The van der Waals surface area contributed by atoms with Crippen LogP contribution in [-0.4, -0.2) is 38.9 Å². The van der Waals surface area contributed by atoms with Crippen LogP contribution in [0.3, 0.4) is 0 Å². The summed E-state index contributed by atoms with van der Waals surface area (Å²) in [5.41, 5.74) is 0. The largest absolute Gasteiger partial charge is 0.466 e. The smallest absolute Gasteiger partial charge is 0.308 e. The SMILES string of the molecule is CCOC(=O)CCOC.CCOC(C)=O. The minimum absolute atomic E-state index is 0.195. The minimum Gasteiger partial charge on any atom is -0.466 e. The second-order valence-corrected chi connectivity index (χ2v) is 2.47. The molecule has 0 N–H and O–H groups in total. The van der Waals surface area contributed by atoms with E-state index in [1.807, 2.05) is 0 Å². The average molecular weight is 220 g/mol. The molecule has 90 valence electrons. The van der Waals surface area contributed by atoms with Gasteiger partial charge in [0.15, 0.2) is 0 Å². The molecule has 0 radical (unpaired) electrons. The predicted octanol–water partition coefficient (Wildman–Crippen LogP) is 1.16. The zero-order valence-corrected chi connectivity index (χ0v) is 9.87. The van der Waals surface area contributed by atoms with E-state index in [4.69, 9.17) is 0 Å². The molecule has 15 heavy (non-hydrogen) atoms. The fourth-order valence-electron chi connectivity index (χ4n) is 0.622. The normalized spacial score (nSPS) is 8.53. The maximum absolute atomic E-state index is 10.5. The van der Waals surface area contributed by atoms with E-state index in [0.717, 1.165) is 0 Å². The third-order valence-corrected chi connectivity index (χ3v) is 1.16. The molecule has 0 saturated heterocycles. The molecule has 0 heterocycles. The van der Waals surface area contributed by atoms with Gasteiger partial charge in [0.1, 0.15) is 0 Å². The van der Waals surface area contributed by atoms with Crippen LogP contribution in [0.1, 0.15) is 27.2 Å². The molecule has 0 spiro atoms. The molecule has 0 bridgehead atoms. The molecule has 0 amide bonds. The number of hydrogen-bond donors (Lipinski definition) is 0. The van der Waals surface area contributed by atoms with E-state index in [0.29, 0.717) is 26.2 Å². The van der Waals surface area contributed by atoms with Crippen molar-refractivity contribution < 1.29 is 23.8 Å². The molecule has 0 aliphatic heterocycles. The van der Waals surface area contributed by atoms with Crippen molar-refractivity contribution in [1.82, 2.24) is 0 Å². The summed E-state index contributed by atoms with van der Waals surface area (Å²) in [6.45, 7) is 6.33. The molecular formula is C10H20O5. The third-order valence-electron chi connectivity index (χ3n) is 1.16. The van der Waals surface area contributed by atoms with Crippen LogP contribution in [0.2, 0.25) is 0 Å². The van der Waals surface area contributed by atoms with Crippen LogP contribution in [0.5, 0.6) is 0 Å². The van der Waals surface area contributed by atoms with E-state index >= 15 is 0 Å². The predicted molar refractivity (Wildman–Crippen MR) is 55.4 cm³/mol. The fourth-order valence-corrected chi connectivity index (χ4v) is 0.622. The van der Waals surface area contributed by atoms with Crippen molar-refractivity contribution in [2.75, 3.05) is 26.9 Å². The Balaban J connectivity index is 0. The lowest BCUT2D eigenvalue weighted by Crippen LogP contribution is -2.06. The van der Waals surface area contributed by atoms with Crippen LogP contribution in [-0.2, 0) is 23.8 Å². The Morgan fingerprint density at radius 3 is 1.87 bits per heavy atom. The molecule has 5 heteroatoms. The Bertz CT molecular complexity index is 167. The molecule has 0 aromatic rings. The van der Waals surface area contributed by atoms with Gasteiger partial charge in [0.25, 0.3) is 0 Å². The molecule has 0 atom stereocenters. The lowest BCUT2D eigenvalue weighted by atomic mass is 10.5. The van der Waals surface area contributed by atoms with Gasteiger partial charge in [-0.3, -0.25) is 9.59 Å². The summed E-state index contributed by atoms with van der Waals surface area (Å²) in [5.74, 6) is -0.406. The standard InChI is InChI=1S/C6H12O3.C4H8O2/c1-3-9-6(7)4-5-8-2;1-3-6-4(2)5/h3-5H2,1-2H3;3H2,1-2H3. The van der Waals surface area contributed by atoms with Crippen molar-refractivity contribution in [3.05, 3.63) is 0 Å². The van der Waals surface area contributed by atoms with E-state index in [1.54, 1.807) is 21.0 Å². The van der Waals surface area contributed by atoms with Crippen LogP contribution in [0.15, 0.2) is 0 Å². The number of methoxy groups -OCH3 is 1. The molecule has 5 nitrogen and oxygen atoms in total. The van der Waals surface area contributed by atoms with Gasteiger partial charge in [0.2, 0.25) is 0 Å². The van der Waals surface area contributed by atoms with Gasteiger partial charge in [-0.05, 0) is 13.8 Å². The van der Waals surface area contributed by atoms with Gasteiger partial charge in [0, 0.05) is 14.0 Å². The van der Waals surface area contributed by atoms with Gasteiger partial charge in [-0.25, -0.2) is 0 Å². The number of esters is 2. The first-order valence-corrected chi connectivity index (χ1v) is 4.86. The molecule has 0 rings (SSSR count). The highest BCUT2D eigenvalue weighted by Gasteiger charge is 1.97. The first kappa shape index (κ1) is 16.3. The van der Waals surface area contributed by atoms with Gasteiger partial charge < -0.3 is 14.2 Å². The first-order valence-electron chi connectivity index (χ1n) is 4.86. The van der Waals surface area contributed by atoms with Crippen molar-refractivity contribution >= 4 is 11.9 Å². The third kappa shape index (κ3) is 19.3. The molecule has 0 saturated carbocycles. The first-order chi connectivity index (χ1) is 7.08. The van der Waals surface area contributed by atoms with E-state index in [1.165, 1.54) is 6.92 Å². The van der Waals surface area contributed by atoms with E-state index in [2.05, 4.69) is 14.2 Å². The summed E-state index contributed by atoms with van der Waals surface area (Å²) in [7, 11) is 1.55. The van der Waals surface area contributed by atoms with Crippen molar-refractivity contribution in [2.24, 2.45) is 0 Å². The fraction of sp³-hybridized carbons (Fsp3) is 0.800. The van der Waals surface area contributed by atoms with Crippen molar-refractivity contribution in [2.45, 2.75) is 27.2 Å². The summed E-state index contributed by atoms with van der Waals surface area (Å²) in [5, 5.41) is 0. The minimum atomic E-state index is -0.211. The molecule has 0 fully saturated rings. The van der Waals surface area contributed by atoms with Gasteiger partial charge in [-0.2, -0.15) is 0 Å². The van der Waals surface area contributed by atoms with Crippen LogP contribution >= 0.6 is 0 Å². The lowest BCUT2D eigenvalue weighted by molar-refractivity contribution is -0.144. The molecule has 0 aliphatic rings. The molecule has 0 unspecified atom stereocenters. The van der Waals surface area contributed by atoms with Crippen LogP contribution in [0.25, 0.3) is 0 Å². The Labute approximate surface area is 90.7 Å². The number of carbonyl (C=O) groups excluding carboxylic acids is 2.